The average Bonchev–Trinajstić information content (AvgIpc) is 1.66. The van der Waals surface area contributed by atoms with Crippen molar-refractivity contribution in [3.05, 3.63) is 262 Å². The van der Waals surface area contributed by atoms with Gasteiger partial charge in [0.2, 0.25) is 5.88 Å². The van der Waals surface area contributed by atoms with Crippen LogP contribution < -0.4 is 42.4 Å². The number of rotatable bonds is 15. The van der Waals surface area contributed by atoms with E-state index in [0.717, 1.165) is 22.4 Å². The Bertz CT molecular complexity index is 6210. The second-order valence-electron chi connectivity index (χ2n) is 22.5. The molecule has 106 heavy (non-hydrogen) atoms. The summed E-state index contributed by atoms with van der Waals surface area (Å²) in [5.41, 5.74) is 31.3. The van der Waals surface area contributed by atoms with Crippen molar-refractivity contribution in [1.82, 2.24) is 103 Å². The number of nitrogen functional groups attached to an aromatic ring is 4. The van der Waals surface area contributed by atoms with Gasteiger partial charge in [0, 0.05) is 60.0 Å². The number of nitrogens with one attached hydrogen (secondary N) is 3. The summed E-state index contributed by atoms with van der Waals surface area (Å²) in [6, 6.07) is 48.4. The van der Waals surface area contributed by atoms with E-state index in [1.165, 1.54) is 67.9 Å². The zero-order valence-electron chi connectivity index (χ0n) is 55.0. The van der Waals surface area contributed by atoms with Crippen LogP contribution in [0.1, 0.15) is 10.6 Å². The molecule has 34 nitrogen and oxygen atoms in total. The molecule has 526 valence electrons. The lowest BCUT2D eigenvalue weighted by Crippen LogP contribution is -2.16. The van der Waals surface area contributed by atoms with E-state index in [0.29, 0.717) is 113 Å². The minimum Gasteiger partial charge on any atom is -0.439 e. The third kappa shape index (κ3) is 14.9. The summed E-state index contributed by atoms with van der Waals surface area (Å²) < 4.78 is 71.1. The van der Waals surface area contributed by atoms with E-state index in [1.807, 2.05) is 66.9 Å². The van der Waals surface area contributed by atoms with Crippen LogP contribution in [0.25, 0.3) is 72.6 Å². The number of hydrogen-bond donors (Lipinski definition) is 7. The number of sulfonamides is 2. The number of benzene rings is 6. The molecule has 6 aromatic carbocycles. The predicted octanol–water partition coefficient (Wildman–Crippen LogP) is 9.20. The fraction of sp³-hybridized carbons (Fsp3) is 0.0145. The number of nitrogens with two attached hydrogens (primary N) is 4. The SMILES string of the molecule is Cn1ccnc1C(=O)Nc1ccc(-n2ncc3c(N)ncnc32)cc1.Nc1ncnc2c1cnn2-c1ccc(-n2cccn2)cc1.Nc1ncnc2c1cnn2-c1ccc(NS(=O)(=O)c2ccc(Cl)cc2)cc1.Nc1ncnc2c1cnn2-c1ccc(NS(=O)(=O)c2ccc(Oc3ccccc3)nc2)cc1. The van der Waals surface area contributed by atoms with Crippen molar-refractivity contribution in [2.24, 2.45) is 7.05 Å². The number of pyridine rings is 1. The molecule has 37 heteroatoms. The van der Waals surface area contributed by atoms with Crippen LogP contribution in [0.2, 0.25) is 5.02 Å². The van der Waals surface area contributed by atoms with Gasteiger partial charge >= 0.3 is 0 Å². The van der Waals surface area contributed by atoms with Gasteiger partial charge in [-0.15, -0.1) is 0 Å². The van der Waals surface area contributed by atoms with E-state index in [1.54, 1.807) is 151 Å². The number of aryl methyl sites for hydroxylation is 1. The Morgan fingerprint density at radius 3 is 1.21 bits per heavy atom. The van der Waals surface area contributed by atoms with E-state index in [9.17, 15) is 21.6 Å². The number of amides is 1. The van der Waals surface area contributed by atoms with Gasteiger partial charge in [0.25, 0.3) is 26.0 Å². The molecule has 0 radical (unpaired) electrons. The summed E-state index contributed by atoms with van der Waals surface area (Å²) in [4.78, 5) is 53.1. The highest BCUT2D eigenvalue weighted by Gasteiger charge is 2.20. The summed E-state index contributed by atoms with van der Waals surface area (Å²) in [7, 11) is -5.78. The number of nitrogens with zero attached hydrogens (tertiary/aromatic N) is 21. The normalized spacial score (nSPS) is 11.3. The van der Waals surface area contributed by atoms with E-state index >= 15 is 0 Å². The molecular formula is C69H55ClN28O6S2. The largest absolute Gasteiger partial charge is 0.439 e. The lowest BCUT2D eigenvalue weighted by Gasteiger charge is -2.10. The van der Waals surface area contributed by atoms with Crippen LogP contribution in [0.4, 0.5) is 40.3 Å². The van der Waals surface area contributed by atoms with Gasteiger partial charge < -0.3 is 37.6 Å². The topological polar surface area (TPSA) is 458 Å². The van der Waals surface area contributed by atoms with E-state index in [-0.39, 0.29) is 15.7 Å². The number of hydrogen-bond acceptors (Lipinski definition) is 25. The van der Waals surface area contributed by atoms with Gasteiger partial charge in [-0.1, -0.05) is 29.8 Å². The lowest BCUT2D eigenvalue weighted by molar-refractivity contribution is 0.101. The summed E-state index contributed by atoms with van der Waals surface area (Å²) >= 11 is 5.80. The van der Waals surface area contributed by atoms with Crippen molar-refractivity contribution in [2.45, 2.75) is 9.79 Å². The molecule has 0 bridgehead atoms. The van der Waals surface area contributed by atoms with Crippen LogP contribution in [0.3, 0.4) is 0 Å². The maximum atomic E-state index is 12.8. The first kappa shape index (κ1) is 68.5. The Kier molecular flexibility index (Phi) is 19.1. The standard InChI is InChI=1S/C22H17N7O3S.C17H13ClN6O2S.C16H14N8O.C14H11N7/c23-21-19-13-27-29(22(19)26-14-25-21)16-8-6-15(7-9-16)28-33(30,31)18-10-11-20(24-12-18)32-17-4-2-1-3-5-17;18-11-1-7-14(8-2-11)27(25,26)23-12-3-5-13(6-4-12)24-17-15(9-22-24)16(19)20-10-21-17;1-23-7-6-18-15(23)16(25)22-10-2-4-11(5-3-10)24-14-12(8-21-24)13(17)19-9-20-14;15-13-12-8-19-21(14(12)17-9-16-13)11-4-2-10(3-5-11)20-7-1-6-18-20/h1-14,28H,(H2,23,25,26);1-10,23H,(H2,19,20,21);2-9H,1H3,(H,22,25)(H2,17,19,20);1-9H,(H2,15,16,17). The van der Waals surface area contributed by atoms with Crippen molar-refractivity contribution in [2.75, 3.05) is 37.7 Å². The minimum atomic E-state index is -3.84. The Labute approximate surface area is 604 Å². The van der Waals surface area contributed by atoms with Gasteiger partial charge in [0.05, 0.1) is 85.9 Å². The molecule has 1 amide bonds. The molecule has 17 aromatic rings. The Balaban J connectivity index is 0.000000120. The quantitative estimate of drug-likeness (QED) is 0.0502. The maximum absolute atomic E-state index is 12.8. The molecule has 11 heterocycles. The number of ether oxygens (including phenoxy) is 1. The summed E-state index contributed by atoms with van der Waals surface area (Å²) in [5, 5.41) is 27.4. The number of carbonyl (C=O) groups excluding carboxylic acids is 1. The maximum Gasteiger partial charge on any atom is 0.291 e. The molecule has 0 saturated heterocycles. The van der Waals surface area contributed by atoms with E-state index in [4.69, 9.17) is 39.3 Å². The van der Waals surface area contributed by atoms with Crippen molar-refractivity contribution in [1.29, 1.82) is 0 Å². The van der Waals surface area contributed by atoms with Gasteiger partial charge in [-0.3, -0.25) is 14.2 Å². The van der Waals surface area contributed by atoms with Gasteiger partial charge in [-0.05, 0) is 146 Å². The Hall–Kier alpha value is -14.7. The summed E-state index contributed by atoms with van der Waals surface area (Å²) in [6.07, 6.45) is 20.2. The van der Waals surface area contributed by atoms with Gasteiger partial charge in [0.1, 0.15) is 59.2 Å². The molecule has 0 atom stereocenters. The highest BCUT2D eigenvalue weighted by atomic mass is 35.5. The number of carbonyl (C=O) groups is 1. The fourth-order valence-electron chi connectivity index (χ4n) is 10.4. The smallest absolute Gasteiger partial charge is 0.291 e. The molecule has 0 saturated carbocycles. The van der Waals surface area contributed by atoms with Crippen LogP contribution in [0, 0.1) is 0 Å². The van der Waals surface area contributed by atoms with Crippen LogP contribution in [0.5, 0.6) is 11.6 Å². The molecule has 17 rings (SSSR count). The molecule has 0 aliphatic rings. The molecule has 0 aliphatic carbocycles. The first-order valence-corrected chi connectivity index (χ1v) is 34.7. The summed E-state index contributed by atoms with van der Waals surface area (Å²) in [6.45, 7) is 0. The number of anilines is 7. The highest BCUT2D eigenvalue weighted by Crippen LogP contribution is 2.28. The number of para-hydroxylation sites is 1. The van der Waals surface area contributed by atoms with Crippen LogP contribution >= 0.6 is 11.6 Å². The monoisotopic (exact) mass is 1470 g/mol. The van der Waals surface area contributed by atoms with Crippen LogP contribution in [-0.2, 0) is 27.1 Å². The van der Waals surface area contributed by atoms with Crippen molar-refractivity contribution in [3.63, 3.8) is 0 Å². The van der Waals surface area contributed by atoms with E-state index in [2.05, 4.69) is 90.1 Å². The third-order valence-corrected chi connectivity index (χ3v) is 18.7. The van der Waals surface area contributed by atoms with Crippen molar-refractivity contribution < 1.29 is 26.4 Å². The van der Waals surface area contributed by atoms with E-state index < -0.39 is 20.0 Å². The van der Waals surface area contributed by atoms with Gasteiger partial charge in [-0.25, -0.2) is 90.1 Å². The zero-order valence-corrected chi connectivity index (χ0v) is 57.4. The number of fused-ring (bicyclic) bond motifs is 4. The Morgan fingerprint density at radius 2 is 0.811 bits per heavy atom. The number of aromatic nitrogens is 21. The molecule has 11 aromatic heterocycles. The zero-order chi connectivity index (χ0) is 73.5. The number of imidazole rings is 1. The van der Waals surface area contributed by atoms with Crippen molar-refractivity contribution >= 4 is 122 Å². The van der Waals surface area contributed by atoms with Crippen LogP contribution in [-0.4, -0.2) is 126 Å². The Morgan fingerprint density at radius 1 is 0.406 bits per heavy atom. The highest BCUT2D eigenvalue weighted by molar-refractivity contribution is 7.93. The first-order chi connectivity index (χ1) is 51.4. The second kappa shape index (κ2) is 29.5. The summed E-state index contributed by atoms with van der Waals surface area (Å²) in [5.74, 6) is 2.47. The molecule has 0 unspecified atom stereocenters. The minimum absolute atomic E-state index is 0.0113. The molecule has 0 aliphatic heterocycles. The second-order valence-corrected chi connectivity index (χ2v) is 26.3. The van der Waals surface area contributed by atoms with Crippen LogP contribution in [0.15, 0.2) is 261 Å². The van der Waals surface area contributed by atoms with Gasteiger partial charge in [-0.2, -0.15) is 25.5 Å². The van der Waals surface area contributed by atoms with Gasteiger partial charge in [0.15, 0.2) is 28.4 Å². The first-order valence-electron chi connectivity index (χ1n) is 31.4. The lowest BCUT2D eigenvalue weighted by atomic mass is 10.2. The third-order valence-electron chi connectivity index (χ3n) is 15.7. The molecule has 0 spiro atoms. The fourth-order valence-corrected chi connectivity index (χ4v) is 12.6. The average molecular weight is 1470 g/mol. The predicted molar refractivity (Wildman–Crippen MR) is 396 cm³/mol. The van der Waals surface area contributed by atoms with Crippen molar-refractivity contribution in [3.8, 4) is 40.1 Å². The molecule has 0 fully saturated rings. The molecule has 11 N–H and O–H groups in total. The molecular weight excluding hydrogens is 1420 g/mol. The number of halogens is 1.